The fraction of sp³-hybridized carbons (Fsp3) is 0.462. The molecule has 0 aliphatic heterocycles. The first kappa shape index (κ1) is 18.4. The number of benzene rings is 1. The van der Waals surface area contributed by atoms with Crippen molar-refractivity contribution in [3.63, 3.8) is 0 Å². The van der Waals surface area contributed by atoms with E-state index in [1.54, 1.807) is 6.92 Å². The van der Waals surface area contributed by atoms with E-state index in [4.69, 9.17) is 15.4 Å². The minimum absolute atomic E-state index is 0.0000165. The average molecular weight is 399 g/mol. The van der Waals surface area contributed by atoms with Gasteiger partial charge in [0.2, 0.25) is 5.91 Å². The van der Waals surface area contributed by atoms with Gasteiger partial charge in [-0.1, -0.05) is 0 Å². The van der Waals surface area contributed by atoms with Crippen molar-refractivity contribution in [1.29, 1.82) is 0 Å². The molecule has 1 aromatic carbocycles. The monoisotopic (exact) mass is 397 g/mol. The van der Waals surface area contributed by atoms with Crippen LogP contribution in [0.1, 0.15) is 26.3 Å². The van der Waals surface area contributed by atoms with Gasteiger partial charge in [0.05, 0.1) is 16.2 Å². The van der Waals surface area contributed by atoms with Gasteiger partial charge in [-0.2, -0.15) is 0 Å². The van der Waals surface area contributed by atoms with Crippen molar-refractivity contribution in [1.82, 2.24) is 0 Å². The molecule has 0 radical (unpaired) electrons. The Kier molecular flexibility index (Phi) is 5.83. The largest absolute Gasteiger partial charge is 0.366 e. The van der Waals surface area contributed by atoms with Gasteiger partial charge in [-0.05, 0) is 61.3 Å². The highest BCUT2D eigenvalue weighted by Crippen LogP contribution is 2.30. The number of hydrogen-bond acceptors (Lipinski definition) is 4. The molecule has 8 heteroatoms. The summed E-state index contributed by atoms with van der Waals surface area (Å²) >= 11 is 3.21. The van der Waals surface area contributed by atoms with Gasteiger partial charge in [0.1, 0.15) is 6.61 Å². The third-order valence-corrected chi connectivity index (χ3v) is 4.56. The Morgan fingerprint density at radius 2 is 1.95 bits per heavy atom. The van der Waals surface area contributed by atoms with Crippen LogP contribution < -0.4 is 5.32 Å². The third kappa shape index (κ3) is 5.94. The zero-order chi connectivity index (χ0) is 16.4. The van der Waals surface area contributed by atoms with Crippen LogP contribution in [0, 0.1) is 6.92 Å². The van der Waals surface area contributed by atoms with E-state index in [9.17, 15) is 13.2 Å². The average Bonchev–Trinajstić information content (AvgIpc) is 2.28. The predicted molar refractivity (Wildman–Crippen MR) is 86.3 cm³/mol. The number of hydrogen-bond donors (Lipinski definition) is 1. The molecule has 1 N–H and O–H groups in total. The van der Waals surface area contributed by atoms with E-state index in [0.717, 1.165) is 0 Å². The lowest BCUT2D eigenvalue weighted by atomic mass is 10.2. The van der Waals surface area contributed by atoms with Crippen molar-refractivity contribution in [3.05, 3.63) is 22.2 Å². The Morgan fingerprint density at radius 3 is 2.43 bits per heavy atom. The molecule has 0 bridgehead atoms. The first-order valence-corrected chi connectivity index (χ1v) is 9.19. The van der Waals surface area contributed by atoms with Crippen molar-refractivity contribution in [2.45, 2.75) is 38.2 Å². The van der Waals surface area contributed by atoms with Gasteiger partial charge in [-0.3, -0.25) is 4.79 Å². The number of aryl methyl sites for hydroxylation is 1. The van der Waals surface area contributed by atoms with Gasteiger partial charge in [0, 0.05) is 15.2 Å². The van der Waals surface area contributed by atoms with E-state index in [1.807, 2.05) is 20.8 Å². The highest BCUT2D eigenvalue weighted by molar-refractivity contribution is 9.10. The van der Waals surface area contributed by atoms with Crippen molar-refractivity contribution in [2.75, 3.05) is 11.9 Å². The summed E-state index contributed by atoms with van der Waals surface area (Å²) < 4.78 is 28.6. The van der Waals surface area contributed by atoms with Crippen LogP contribution in [-0.2, 0) is 18.6 Å². The van der Waals surface area contributed by atoms with Gasteiger partial charge in [-0.15, -0.1) is 0 Å². The summed E-state index contributed by atoms with van der Waals surface area (Å²) in [5.74, 6) is -0.327. The minimum Gasteiger partial charge on any atom is -0.366 e. The second-order valence-corrected chi connectivity index (χ2v) is 8.87. The lowest BCUT2D eigenvalue weighted by Gasteiger charge is -2.19. The van der Waals surface area contributed by atoms with Crippen molar-refractivity contribution in [3.8, 4) is 0 Å². The van der Waals surface area contributed by atoms with E-state index >= 15 is 0 Å². The summed E-state index contributed by atoms with van der Waals surface area (Å²) in [7, 11) is 1.51. The molecular weight excluding hydrogens is 382 g/mol. The van der Waals surface area contributed by atoms with Crippen LogP contribution >= 0.6 is 26.6 Å². The summed E-state index contributed by atoms with van der Waals surface area (Å²) in [6.07, 6.45) is 0. The highest BCUT2D eigenvalue weighted by atomic mass is 79.9. The molecule has 0 atom stereocenters. The number of halogens is 2. The lowest BCUT2D eigenvalue weighted by Crippen LogP contribution is -2.27. The Bertz CT molecular complexity index is 653. The molecule has 0 saturated heterocycles. The molecule has 0 aromatic heterocycles. The smallest absolute Gasteiger partial charge is 0.261 e. The van der Waals surface area contributed by atoms with E-state index in [0.29, 0.717) is 15.7 Å². The number of anilines is 1. The SMILES string of the molecule is Cc1cc(NC(=O)COC(C)(C)C)c(Br)cc1S(=O)(=O)Cl. The molecule has 1 aromatic rings. The van der Waals surface area contributed by atoms with Gasteiger partial charge >= 0.3 is 0 Å². The molecule has 0 aliphatic rings. The van der Waals surface area contributed by atoms with E-state index < -0.39 is 14.7 Å². The fourth-order valence-electron chi connectivity index (χ4n) is 1.49. The van der Waals surface area contributed by atoms with Crippen LogP contribution in [0.25, 0.3) is 0 Å². The van der Waals surface area contributed by atoms with Crippen molar-refractivity contribution in [2.24, 2.45) is 0 Å². The topological polar surface area (TPSA) is 72.5 Å². The van der Waals surface area contributed by atoms with Gasteiger partial charge in [0.15, 0.2) is 0 Å². The van der Waals surface area contributed by atoms with E-state index in [-0.39, 0.29) is 17.4 Å². The molecule has 0 aliphatic carbocycles. The first-order chi connectivity index (χ1) is 9.40. The summed E-state index contributed by atoms with van der Waals surface area (Å²) in [5.41, 5.74) is 0.487. The molecular formula is C13H17BrClNO4S. The van der Waals surface area contributed by atoms with Crippen molar-refractivity contribution >= 4 is 47.3 Å². The number of carbonyl (C=O) groups excluding carboxylic acids is 1. The molecule has 0 saturated carbocycles. The summed E-state index contributed by atoms with van der Waals surface area (Å²) in [4.78, 5) is 11.8. The van der Waals surface area contributed by atoms with Crippen LogP contribution in [0.15, 0.2) is 21.5 Å². The van der Waals surface area contributed by atoms with Crippen LogP contribution in [0.3, 0.4) is 0 Å². The van der Waals surface area contributed by atoms with Crippen LogP contribution in [-0.4, -0.2) is 26.5 Å². The zero-order valence-corrected chi connectivity index (χ0v) is 15.3. The summed E-state index contributed by atoms with van der Waals surface area (Å²) in [5, 5.41) is 2.65. The summed E-state index contributed by atoms with van der Waals surface area (Å²) in [6, 6.07) is 2.90. The molecule has 0 heterocycles. The van der Waals surface area contributed by atoms with Gasteiger partial charge in [-0.25, -0.2) is 8.42 Å². The molecule has 5 nitrogen and oxygen atoms in total. The predicted octanol–water partition coefficient (Wildman–Crippen LogP) is 3.44. The highest BCUT2D eigenvalue weighted by Gasteiger charge is 2.18. The van der Waals surface area contributed by atoms with Crippen LogP contribution in [0.2, 0.25) is 0 Å². The number of ether oxygens (including phenoxy) is 1. The quantitative estimate of drug-likeness (QED) is 0.789. The molecule has 118 valence electrons. The fourth-order valence-corrected chi connectivity index (χ4v) is 3.28. The minimum atomic E-state index is -3.83. The molecule has 21 heavy (non-hydrogen) atoms. The zero-order valence-electron chi connectivity index (χ0n) is 12.2. The van der Waals surface area contributed by atoms with Gasteiger partial charge in [0.25, 0.3) is 9.05 Å². The standard InChI is InChI=1S/C13H17BrClNO4S/c1-8-5-10(9(14)6-11(8)21(15,18)19)16-12(17)7-20-13(2,3)4/h5-6H,7H2,1-4H3,(H,16,17). The van der Waals surface area contributed by atoms with Crippen LogP contribution in [0.5, 0.6) is 0 Å². The second kappa shape index (κ2) is 6.64. The molecule has 0 fully saturated rings. The Morgan fingerprint density at radius 1 is 1.38 bits per heavy atom. The number of nitrogens with one attached hydrogen (secondary N) is 1. The molecule has 0 unspecified atom stereocenters. The normalized spacial score (nSPS) is 12.3. The van der Waals surface area contributed by atoms with Crippen molar-refractivity contribution < 1.29 is 17.9 Å². The maximum Gasteiger partial charge on any atom is 0.261 e. The van der Waals surface area contributed by atoms with E-state index in [1.165, 1.54) is 12.1 Å². The summed E-state index contributed by atoms with van der Waals surface area (Å²) in [6.45, 7) is 7.05. The maximum atomic E-state index is 11.8. The third-order valence-electron chi connectivity index (χ3n) is 2.44. The molecule has 1 amide bonds. The van der Waals surface area contributed by atoms with Crippen LogP contribution in [0.4, 0.5) is 5.69 Å². The molecule has 0 spiro atoms. The number of carbonyl (C=O) groups is 1. The number of amides is 1. The Balaban J connectivity index is 2.91. The first-order valence-electron chi connectivity index (χ1n) is 6.09. The van der Waals surface area contributed by atoms with E-state index in [2.05, 4.69) is 21.2 Å². The second-order valence-electron chi connectivity index (χ2n) is 5.48. The Labute approximate surface area is 137 Å². The van der Waals surface area contributed by atoms with Gasteiger partial charge < -0.3 is 10.1 Å². The number of rotatable bonds is 4. The lowest BCUT2D eigenvalue weighted by molar-refractivity contribution is -0.125. The molecule has 1 rings (SSSR count). The Hall–Kier alpha value is -0.630. The maximum absolute atomic E-state index is 11.8.